The maximum atomic E-state index is 12.8. The summed E-state index contributed by atoms with van der Waals surface area (Å²) in [7, 11) is -1.21. The average molecular weight is 296 g/mol. The minimum absolute atomic E-state index is 0.156. The molecule has 0 saturated heterocycles. The number of rotatable bonds is 3. The van der Waals surface area contributed by atoms with Crippen molar-refractivity contribution in [3.05, 3.63) is 24.3 Å². The van der Waals surface area contributed by atoms with Crippen molar-refractivity contribution in [3.8, 4) is 0 Å². The van der Waals surface area contributed by atoms with Gasteiger partial charge in [0, 0.05) is 11.6 Å². The molecule has 1 aromatic heterocycles. The van der Waals surface area contributed by atoms with Gasteiger partial charge < -0.3 is 0 Å². The molecule has 0 fully saturated rings. The van der Waals surface area contributed by atoms with E-state index in [-0.39, 0.29) is 11.6 Å². The lowest BCUT2D eigenvalue weighted by molar-refractivity contribution is 0.221. The fourth-order valence-corrected chi connectivity index (χ4v) is 4.94. The van der Waals surface area contributed by atoms with Crippen molar-refractivity contribution in [3.63, 3.8) is 0 Å². The summed E-state index contributed by atoms with van der Waals surface area (Å²) in [5.74, 6) is 0. The Morgan fingerprint density at radius 2 is 1.89 bits per heavy atom. The molecule has 0 aliphatic carbocycles. The highest BCUT2D eigenvalue weighted by Crippen LogP contribution is 2.29. The molecule has 2 rings (SSSR count). The molecule has 0 radical (unpaired) electrons. The predicted molar refractivity (Wildman–Crippen MR) is 82.8 cm³/mol. The molecule has 0 saturated carbocycles. The summed E-state index contributed by atoms with van der Waals surface area (Å²) in [5, 5.41) is 0. The van der Waals surface area contributed by atoms with E-state index in [0.717, 1.165) is 10.2 Å². The summed E-state index contributed by atoms with van der Waals surface area (Å²) in [6.45, 7) is 10.4. The van der Waals surface area contributed by atoms with Crippen molar-refractivity contribution in [1.82, 2.24) is 9.29 Å². The van der Waals surface area contributed by atoms with Crippen LogP contribution in [-0.2, 0) is 11.0 Å². The maximum Gasteiger partial charge on any atom is 0.197 e. The van der Waals surface area contributed by atoms with Gasteiger partial charge in [-0.25, -0.2) is 13.5 Å². The van der Waals surface area contributed by atoms with Crippen LogP contribution in [0.15, 0.2) is 28.6 Å². The Hall–Kier alpha value is -0.780. The summed E-state index contributed by atoms with van der Waals surface area (Å²) in [5.41, 5.74) is 0.769. The summed E-state index contributed by atoms with van der Waals surface area (Å²) in [6.07, 6.45) is 0. The van der Waals surface area contributed by atoms with E-state index in [1.807, 2.05) is 28.6 Å². The number of nitrogens with zero attached hydrogens (tertiary/aromatic N) is 2. The molecule has 2 aromatic rings. The normalized spacial score (nSPS) is 14.5. The van der Waals surface area contributed by atoms with Gasteiger partial charge in [0.05, 0.1) is 10.2 Å². The van der Waals surface area contributed by atoms with Crippen LogP contribution in [-0.4, -0.2) is 25.1 Å². The highest BCUT2D eigenvalue weighted by atomic mass is 32.2. The lowest BCUT2D eigenvalue weighted by Crippen LogP contribution is -2.46. The number of benzene rings is 1. The average Bonchev–Trinajstić information content (AvgIpc) is 2.69. The van der Waals surface area contributed by atoms with Gasteiger partial charge in [0.25, 0.3) is 0 Å². The number of hydrogen-bond donors (Lipinski definition) is 0. The molecule has 19 heavy (non-hydrogen) atoms. The second kappa shape index (κ2) is 5.31. The first-order valence-electron chi connectivity index (χ1n) is 6.37. The molecule has 5 heteroatoms. The van der Waals surface area contributed by atoms with Crippen molar-refractivity contribution in [2.24, 2.45) is 0 Å². The van der Waals surface area contributed by atoms with Crippen LogP contribution in [0, 0.1) is 0 Å². The third-order valence-corrected chi connectivity index (χ3v) is 5.96. The largest absolute Gasteiger partial charge is 0.235 e. The molecule has 0 amide bonds. The summed E-state index contributed by atoms with van der Waals surface area (Å²) in [6, 6.07) is 8.12. The van der Waals surface area contributed by atoms with Crippen molar-refractivity contribution in [2.75, 3.05) is 0 Å². The Bertz CT molecular complexity index is 566. The zero-order valence-corrected chi connectivity index (χ0v) is 13.6. The molecule has 0 bridgehead atoms. The molecular weight excluding hydrogens is 276 g/mol. The Morgan fingerprint density at radius 3 is 2.42 bits per heavy atom. The molecule has 1 aromatic carbocycles. The van der Waals surface area contributed by atoms with Gasteiger partial charge >= 0.3 is 0 Å². The fourth-order valence-electron chi connectivity index (χ4n) is 2.22. The molecule has 1 heterocycles. The minimum atomic E-state index is -1.21. The van der Waals surface area contributed by atoms with Crippen LogP contribution in [0.5, 0.6) is 0 Å². The predicted octanol–water partition coefficient (Wildman–Crippen LogP) is 3.83. The van der Waals surface area contributed by atoms with Crippen LogP contribution in [0.25, 0.3) is 10.2 Å². The first kappa shape index (κ1) is 14.6. The van der Waals surface area contributed by atoms with Gasteiger partial charge in [-0.15, -0.1) is 11.3 Å². The zero-order chi connectivity index (χ0) is 14.2. The van der Waals surface area contributed by atoms with Crippen LogP contribution < -0.4 is 0 Å². The number of para-hydroxylation sites is 1. The van der Waals surface area contributed by atoms with E-state index in [2.05, 4.69) is 39.6 Å². The third-order valence-electron chi connectivity index (χ3n) is 2.73. The molecule has 1 unspecified atom stereocenters. The second-order valence-electron chi connectivity index (χ2n) is 5.79. The van der Waals surface area contributed by atoms with Crippen LogP contribution in [0.1, 0.15) is 34.6 Å². The van der Waals surface area contributed by atoms with Crippen molar-refractivity contribution < 1.29 is 4.21 Å². The van der Waals surface area contributed by atoms with E-state index in [1.165, 1.54) is 11.3 Å². The number of hydrogen-bond acceptors (Lipinski definition) is 3. The third kappa shape index (κ3) is 3.04. The van der Waals surface area contributed by atoms with Crippen LogP contribution in [0.2, 0.25) is 0 Å². The zero-order valence-electron chi connectivity index (χ0n) is 12.0. The summed E-state index contributed by atoms with van der Waals surface area (Å²) < 4.78 is 16.6. The van der Waals surface area contributed by atoms with Gasteiger partial charge in [-0.05, 0) is 46.8 Å². The first-order valence-corrected chi connectivity index (χ1v) is 8.30. The van der Waals surface area contributed by atoms with Crippen molar-refractivity contribution in [2.45, 2.75) is 50.5 Å². The molecule has 1 atom stereocenters. The van der Waals surface area contributed by atoms with E-state index < -0.39 is 11.0 Å². The number of aromatic nitrogens is 1. The molecule has 0 N–H and O–H groups in total. The van der Waals surface area contributed by atoms with Gasteiger partial charge in [-0.3, -0.25) is 0 Å². The van der Waals surface area contributed by atoms with Gasteiger partial charge in [-0.2, -0.15) is 0 Å². The van der Waals surface area contributed by atoms with E-state index in [4.69, 9.17) is 0 Å². The SMILES string of the molecule is CC(C)N(S(=O)c1nc2ccccc2s1)C(C)(C)C. The molecular formula is C14H20N2OS2. The number of thiazole rings is 1. The Labute approximate surface area is 121 Å². The van der Waals surface area contributed by atoms with Crippen LogP contribution in [0.4, 0.5) is 0 Å². The lowest BCUT2D eigenvalue weighted by Gasteiger charge is -2.36. The Kier molecular flexibility index (Phi) is 4.08. The van der Waals surface area contributed by atoms with Gasteiger partial charge in [-0.1, -0.05) is 12.1 Å². The topological polar surface area (TPSA) is 33.2 Å². The van der Waals surface area contributed by atoms with E-state index in [0.29, 0.717) is 4.34 Å². The maximum absolute atomic E-state index is 12.8. The Balaban J connectivity index is 2.42. The van der Waals surface area contributed by atoms with Gasteiger partial charge in [0.15, 0.2) is 15.3 Å². The molecule has 0 aliphatic rings. The highest BCUT2D eigenvalue weighted by molar-refractivity contribution is 7.85. The molecule has 0 aliphatic heterocycles. The molecule has 3 nitrogen and oxygen atoms in total. The molecule has 0 spiro atoms. The first-order chi connectivity index (χ1) is 8.80. The Morgan fingerprint density at radius 1 is 1.26 bits per heavy atom. The quantitative estimate of drug-likeness (QED) is 0.862. The smallest absolute Gasteiger partial charge is 0.197 e. The van der Waals surface area contributed by atoms with Crippen molar-refractivity contribution in [1.29, 1.82) is 0 Å². The van der Waals surface area contributed by atoms with E-state index in [1.54, 1.807) is 0 Å². The fraction of sp³-hybridized carbons (Fsp3) is 0.500. The van der Waals surface area contributed by atoms with Crippen LogP contribution >= 0.6 is 11.3 Å². The lowest BCUT2D eigenvalue weighted by atomic mass is 10.1. The molecule has 104 valence electrons. The number of fused-ring (bicyclic) bond motifs is 1. The van der Waals surface area contributed by atoms with Gasteiger partial charge in [0.2, 0.25) is 0 Å². The standard InChI is InChI=1S/C14H20N2OS2/c1-10(2)16(14(3,4)5)19(17)13-15-11-8-6-7-9-12(11)18-13/h6-10H,1-5H3. The van der Waals surface area contributed by atoms with Crippen molar-refractivity contribution >= 4 is 32.5 Å². The monoisotopic (exact) mass is 296 g/mol. The van der Waals surface area contributed by atoms with E-state index in [9.17, 15) is 4.21 Å². The summed E-state index contributed by atoms with van der Waals surface area (Å²) >= 11 is 1.51. The highest BCUT2D eigenvalue weighted by Gasteiger charge is 2.31. The second-order valence-corrected chi connectivity index (χ2v) is 8.35. The summed E-state index contributed by atoms with van der Waals surface area (Å²) in [4.78, 5) is 4.51. The minimum Gasteiger partial charge on any atom is -0.235 e. The van der Waals surface area contributed by atoms with Gasteiger partial charge in [0.1, 0.15) is 0 Å². The van der Waals surface area contributed by atoms with E-state index >= 15 is 0 Å². The van der Waals surface area contributed by atoms with Crippen LogP contribution in [0.3, 0.4) is 0 Å².